The van der Waals surface area contributed by atoms with E-state index in [0.29, 0.717) is 11.3 Å². The molecule has 4 heteroatoms. The standard InChI is InChI=1S/C12H14O4/c1-3-16-12(14)11(8-13)9-4-6-10(15-2)7-5-9/h4-8,13H,3H2,1-2H3/b11-8-. The number of hydrogen-bond donors (Lipinski definition) is 1. The fourth-order valence-corrected chi connectivity index (χ4v) is 1.22. The molecule has 0 aliphatic heterocycles. The molecule has 0 heterocycles. The van der Waals surface area contributed by atoms with Crippen LogP contribution in [0.3, 0.4) is 0 Å². The molecule has 0 spiro atoms. The monoisotopic (exact) mass is 222 g/mol. The number of hydrogen-bond acceptors (Lipinski definition) is 4. The number of aliphatic hydroxyl groups excluding tert-OH is 1. The van der Waals surface area contributed by atoms with Crippen molar-refractivity contribution in [3.05, 3.63) is 36.1 Å². The molecule has 1 N–H and O–H groups in total. The SMILES string of the molecule is CCOC(=O)/C(=C\O)c1ccc(OC)cc1. The van der Waals surface area contributed by atoms with Gasteiger partial charge >= 0.3 is 5.97 Å². The molecule has 0 aliphatic carbocycles. The van der Waals surface area contributed by atoms with Crippen LogP contribution < -0.4 is 4.74 Å². The highest BCUT2D eigenvalue weighted by molar-refractivity contribution is 6.16. The van der Waals surface area contributed by atoms with Gasteiger partial charge in [-0.05, 0) is 24.6 Å². The number of methoxy groups -OCH3 is 1. The molecule has 4 nitrogen and oxygen atoms in total. The van der Waals surface area contributed by atoms with E-state index in [9.17, 15) is 4.79 Å². The number of esters is 1. The van der Waals surface area contributed by atoms with Crippen molar-refractivity contribution >= 4 is 11.5 Å². The first-order valence-corrected chi connectivity index (χ1v) is 4.88. The predicted molar refractivity (Wildman–Crippen MR) is 60.2 cm³/mol. The van der Waals surface area contributed by atoms with E-state index in [1.54, 1.807) is 38.3 Å². The fraction of sp³-hybridized carbons (Fsp3) is 0.250. The van der Waals surface area contributed by atoms with Crippen LogP contribution >= 0.6 is 0 Å². The van der Waals surface area contributed by atoms with Crippen LogP contribution in [0.1, 0.15) is 12.5 Å². The lowest BCUT2D eigenvalue weighted by atomic mass is 10.1. The van der Waals surface area contributed by atoms with Gasteiger partial charge in [-0.2, -0.15) is 0 Å². The van der Waals surface area contributed by atoms with E-state index in [0.717, 1.165) is 6.26 Å². The summed E-state index contributed by atoms with van der Waals surface area (Å²) in [4.78, 5) is 11.4. The van der Waals surface area contributed by atoms with Crippen LogP contribution in [0.2, 0.25) is 0 Å². The Labute approximate surface area is 94.1 Å². The molecule has 0 bridgehead atoms. The predicted octanol–water partition coefficient (Wildman–Crippen LogP) is 2.16. The Hall–Kier alpha value is -1.97. The lowest BCUT2D eigenvalue weighted by molar-refractivity contribution is -0.136. The summed E-state index contributed by atoms with van der Waals surface area (Å²) >= 11 is 0. The Bertz CT molecular complexity index is 379. The van der Waals surface area contributed by atoms with Gasteiger partial charge in [-0.15, -0.1) is 0 Å². The first-order valence-electron chi connectivity index (χ1n) is 4.88. The number of carbonyl (C=O) groups is 1. The third-order valence-corrected chi connectivity index (χ3v) is 2.03. The molecule has 1 aromatic carbocycles. The smallest absolute Gasteiger partial charge is 0.341 e. The molecule has 0 aliphatic rings. The van der Waals surface area contributed by atoms with Crippen molar-refractivity contribution < 1.29 is 19.4 Å². The number of carbonyl (C=O) groups excluding carboxylic acids is 1. The van der Waals surface area contributed by atoms with Gasteiger partial charge in [0.05, 0.1) is 20.0 Å². The summed E-state index contributed by atoms with van der Waals surface area (Å²) in [6.07, 6.45) is 0.750. The van der Waals surface area contributed by atoms with Crippen molar-refractivity contribution in [1.29, 1.82) is 0 Å². The third-order valence-electron chi connectivity index (χ3n) is 2.03. The molecule has 16 heavy (non-hydrogen) atoms. The minimum absolute atomic E-state index is 0.129. The first kappa shape index (κ1) is 12.1. The van der Waals surface area contributed by atoms with Crippen LogP contribution in [0, 0.1) is 0 Å². The van der Waals surface area contributed by atoms with E-state index in [-0.39, 0.29) is 12.2 Å². The molecule has 0 saturated carbocycles. The molecular weight excluding hydrogens is 208 g/mol. The molecule has 0 aromatic heterocycles. The maximum atomic E-state index is 11.4. The van der Waals surface area contributed by atoms with E-state index in [1.165, 1.54) is 0 Å². The van der Waals surface area contributed by atoms with Crippen LogP contribution in [0.15, 0.2) is 30.5 Å². The van der Waals surface area contributed by atoms with E-state index in [2.05, 4.69) is 0 Å². The number of rotatable bonds is 4. The Kier molecular flexibility index (Phi) is 4.39. The number of aliphatic hydroxyl groups is 1. The lowest BCUT2D eigenvalue weighted by Crippen LogP contribution is -2.06. The van der Waals surface area contributed by atoms with Crippen LogP contribution in [0.5, 0.6) is 5.75 Å². The summed E-state index contributed by atoms with van der Waals surface area (Å²) in [5.41, 5.74) is 0.714. The van der Waals surface area contributed by atoms with Crippen LogP contribution in [-0.2, 0) is 9.53 Å². The minimum Gasteiger partial charge on any atom is -0.515 e. The highest BCUT2D eigenvalue weighted by Crippen LogP contribution is 2.19. The van der Waals surface area contributed by atoms with Gasteiger partial charge in [0.1, 0.15) is 11.3 Å². The van der Waals surface area contributed by atoms with Gasteiger partial charge in [0, 0.05) is 0 Å². The first-order chi connectivity index (χ1) is 7.72. The van der Waals surface area contributed by atoms with Crippen molar-refractivity contribution in [1.82, 2.24) is 0 Å². The Balaban J connectivity index is 2.92. The van der Waals surface area contributed by atoms with Crippen molar-refractivity contribution in [2.45, 2.75) is 6.92 Å². The summed E-state index contributed by atoms with van der Waals surface area (Å²) in [5.74, 6) is 0.139. The van der Waals surface area contributed by atoms with Crippen molar-refractivity contribution in [3.8, 4) is 5.75 Å². The van der Waals surface area contributed by atoms with Crippen LogP contribution in [-0.4, -0.2) is 24.8 Å². The molecule has 1 rings (SSSR count). The van der Waals surface area contributed by atoms with Crippen molar-refractivity contribution in [2.24, 2.45) is 0 Å². The summed E-state index contributed by atoms with van der Waals surface area (Å²) < 4.78 is 9.80. The van der Waals surface area contributed by atoms with Gasteiger partial charge in [-0.1, -0.05) is 12.1 Å². The molecular formula is C12H14O4. The number of benzene rings is 1. The van der Waals surface area contributed by atoms with Crippen molar-refractivity contribution in [2.75, 3.05) is 13.7 Å². The largest absolute Gasteiger partial charge is 0.515 e. The quantitative estimate of drug-likeness (QED) is 0.482. The second-order valence-corrected chi connectivity index (χ2v) is 2.99. The zero-order valence-corrected chi connectivity index (χ0v) is 9.27. The van der Waals surface area contributed by atoms with Gasteiger partial charge in [0.2, 0.25) is 0 Å². The molecule has 0 amide bonds. The summed E-state index contributed by atoms with van der Waals surface area (Å²) in [7, 11) is 1.56. The summed E-state index contributed by atoms with van der Waals surface area (Å²) in [6.45, 7) is 1.98. The Morgan fingerprint density at radius 1 is 1.38 bits per heavy atom. The zero-order valence-electron chi connectivity index (χ0n) is 9.27. The minimum atomic E-state index is -0.546. The van der Waals surface area contributed by atoms with Gasteiger partial charge < -0.3 is 14.6 Å². The Morgan fingerprint density at radius 3 is 2.44 bits per heavy atom. The summed E-state index contributed by atoms with van der Waals surface area (Å²) in [6, 6.07) is 6.77. The van der Waals surface area contributed by atoms with Crippen LogP contribution in [0.25, 0.3) is 5.57 Å². The molecule has 0 unspecified atom stereocenters. The summed E-state index contributed by atoms with van der Waals surface area (Å²) in [5, 5.41) is 9.01. The Morgan fingerprint density at radius 2 is 2.00 bits per heavy atom. The highest BCUT2D eigenvalue weighted by atomic mass is 16.5. The fourth-order valence-electron chi connectivity index (χ4n) is 1.22. The maximum absolute atomic E-state index is 11.4. The third kappa shape index (κ3) is 2.76. The van der Waals surface area contributed by atoms with E-state index in [4.69, 9.17) is 14.6 Å². The zero-order chi connectivity index (χ0) is 12.0. The van der Waals surface area contributed by atoms with Gasteiger partial charge in [-0.3, -0.25) is 0 Å². The molecule has 0 atom stereocenters. The molecule has 0 saturated heterocycles. The van der Waals surface area contributed by atoms with E-state index < -0.39 is 5.97 Å². The van der Waals surface area contributed by atoms with Gasteiger partial charge in [0.15, 0.2) is 0 Å². The average molecular weight is 222 g/mol. The van der Waals surface area contributed by atoms with E-state index in [1.807, 2.05) is 0 Å². The number of ether oxygens (including phenoxy) is 2. The second kappa shape index (κ2) is 5.80. The molecule has 1 aromatic rings. The van der Waals surface area contributed by atoms with E-state index >= 15 is 0 Å². The van der Waals surface area contributed by atoms with Crippen molar-refractivity contribution in [3.63, 3.8) is 0 Å². The molecule has 0 fully saturated rings. The lowest BCUT2D eigenvalue weighted by Gasteiger charge is -2.06. The highest BCUT2D eigenvalue weighted by Gasteiger charge is 2.13. The van der Waals surface area contributed by atoms with Gasteiger partial charge in [0.25, 0.3) is 0 Å². The maximum Gasteiger partial charge on any atom is 0.341 e. The normalized spacial score (nSPS) is 11.0. The average Bonchev–Trinajstić information content (AvgIpc) is 2.31. The van der Waals surface area contributed by atoms with Gasteiger partial charge in [-0.25, -0.2) is 4.79 Å². The molecule has 86 valence electrons. The molecule has 0 radical (unpaired) electrons. The second-order valence-electron chi connectivity index (χ2n) is 2.99. The van der Waals surface area contributed by atoms with Crippen LogP contribution in [0.4, 0.5) is 0 Å². The topological polar surface area (TPSA) is 55.8 Å².